The van der Waals surface area contributed by atoms with Crippen LogP contribution in [0.5, 0.6) is 0 Å². The van der Waals surface area contributed by atoms with Crippen molar-refractivity contribution in [1.29, 1.82) is 0 Å². The quantitative estimate of drug-likeness (QED) is 0.818. The molecule has 0 saturated carbocycles. The molecule has 2 aliphatic rings. The number of nitrogens with zero attached hydrogens (tertiary/aromatic N) is 2. The van der Waals surface area contributed by atoms with Crippen LogP contribution < -0.4 is 0 Å². The van der Waals surface area contributed by atoms with Gasteiger partial charge in [0.15, 0.2) is 0 Å². The molecule has 2 fully saturated rings. The number of aryl methyl sites for hydroxylation is 1. The molecular weight excluding hydrogens is 240 g/mol. The molecule has 0 bridgehead atoms. The molecule has 0 radical (unpaired) electrons. The smallest absolute Gasteiger partial charge is 0.219 e. The molecule has 104 valence electrons. The van der Waals surface area contributed by atoms with E-state index >= 15 is 0 Å². The molecule has 0 unspecified atom stereocenters. The Labute approximate surface area is 114 Å². The Hall–Kier alpha value is -1.29. The maximum absolute atomic E-state index is 11.5. The van der Waals surface area contributed by atoms with Crippen LogP contribution in [0.2, 0.25) is 0 Å². The molecule has 0 aliphatic carbocycles. The van der Waals surface area contributed by atoms with Crippen molar-refractivity contribution in [2.45, 2.75) is 39.3 Å². The summed E-state index contributed by atoms with van der Waals surface area (Å²) in [6.45, 7) is 7.48. The molecule has 1 aromatic rings. The lowest BCUT2D eigenvalue weighted by Gasteiger charge is -2.36. The van der Waals surface area contributed by atoms with Crippen LogP contribution in [-0.2, 0) is 11.3 Å². The van der Waals surface area contributed by atoms with Crippen LogP contribution in [0.1, 0.15) is 31.3 Å². The van der Waals surface area contributed by atoms with Gasteiger partial charge in [0.05, 0.1) is 6.54 Å². The van der Waals surface area contributed by atoms with Gasteiger partial charge in [-0.3, -0.25) is 9.69 Å². The summed E-state index contributed by atoms with van der Waals surface area (Å²) in [5.74, 6) is 2.87. The van der Waals surface area contributed by atoms with Gasteiger partial charge in [0.1, 0.15) is 11.5 Å². The summed E-state index contributed by atoms with van der Waals surface area (Å²) in [4.78, 5) is 16.0. The van der Waals surface area contributed by atoms with E-state index in [0.29, 0.717) is 12.0 Å². The second-order valence-electron chi connectivity index (χ2n) is 5.88. The Bertz CT molecular complexity index is 468. The van der Waals surface area contributed by atoms with Crippen molar-refractivity contribution >= 4 is 5.91 Å². The van der Waals surface area contributed by atoms with Gasteiger partial charge in [0.2, 0.25) is 5.91 Å². The molecule has 19 heavy (non-hydrogen) atoms. The molecule has 1 aromatic heterocycles. The number of likely N-dealkylation sites (tertiary alicyclic amines) is 2. The first-order chi connectivity index (χ1) is 9.13. The van der Waals surface area contributed by atoms with Gasteiger partial charge in [-0.2, -0.15) is 0 Å². The third kappa shape index (κ3) is 2.54. The fraction of sp³-hybridized carbons (Fsp3) is 0.667. The summed E-state index contributed by atoms with van der Waals surface area (Å²) >= 11 is 0. The van der Waals surface area contributed by atoms with Crippen LogP contribution in [0.3, 0.4) is 0 Å². The predicted molar refractivity (Wildman–Crippen MR) is 72.6 cm³/mol. The van der Waals surface area contributed by atoms with E-state index in [9.17, 15) is 4.79 Å². The number of hydrogen-bond acceptors (Lipinski definition) is 3. The van der Waals surface area contributed by atoms with Gasteiger partial charge in [-0.1, -0.05) is 0 Å². The molecule has 0 N–H and O–H groups in total. The molecule has 0 spiro atoms. The lowest BCUT2D eigenvalue weighted by Crippen LogP contribution is -2.44. The maximum atomic E-state index is 11.5. The van der Waals surface area contributed by atoms with E-state index in [1.54, 1.807) is 6.92 Å². The van der Waals surface area contributed by atoms with E-state index in [-0.39, 0.29) is 5.91 Å². The molecule has 0 aromatic carbocycles. The molecule has 1 amide bonds. The number of carbonyl (C=O) groups is 1. The Balaban J connectivity index is 1.70. The summed E-state index contributed by atoms with van der Waals surface area (Å²) in [7, 11) is 0. The Morgan fingerprint density at radius 3 is 2.95 bits per heavy atom. The minimum Gasteiger partial charge on any atom is -0.465 e. The van der Waals surface area contributed by atoms with E-state index in [1.807, 2.05) is 17.9 Å². The normalized spacial score (nSPS) is 27.6. The van der Waals surface area contributed by atoms with Crippen LogP contribution in [0.15, 0.2) is 16.5 Å². The van der Waals surface area contributed by atoms with E-state index < -0.39 is 0 Å². The largest absolute Gasteiger partial charge is 0.465 e. The second kappa shape index (κ2) is 5.00. The number of amides is 1. The third-order valence-electron chi connectivity index (χ3n) is 4.50. The number of hydrogen-bond donors (Lipinski definition) is 0. The van der Waals surface area contributed by atoms with Gasteiger partial charge < -0.3 is 9.32 Å². The molecule has 3 heterocycles. The third-order valence-corrected chi connectivity index (χ3v) is 4.50. The highest BCUT2D eigenvalue weighted by Gasteiger charge is 2.39. The van der Waals surface area contributed by atoms with Crippen LogP contribution in [-0.4, -0.2) is 41.4 Å². The number of piperidine rings is 1. The van der Waals surface area contributed by atoms with E-state index in [2.05, 4.69) is 11.0 Å². The Morgan fingerprint density at radius 2 is 2.26 bits per heavy atom. The zero-order valence-electron chi connectivity index (χ0n) is 11.8. The molecule has 4 heteroatoms. The van der Waals surface area contributed by atoms with E-state index in [1.165, 1.54) is 12.8 Å². The fourth-order valence-electron chi connectivity index (χ4n) is 3.50. The molecule has 2 saturated heterocycles. The van der Waals surface area contributed by atoms with Gasteiger partial charge in [0.25, 0.3) is 0 Å². The fourth-order valence-corrected chi connectivity index (χ4v) is 3.50. The van der Waals surface area contributed by atoms with Gasteiger partial charge in [-0.25, -0.2) is 0 Å². The van der Waals surface area contributed by atoms with Crippen LogP contribution in [0.4, 0.5) is 0 Å². The van der Waals surface area contributed by atoms with Crippen molar-refractivity contribution in [1.82, 2.24) is 9.80 Å². The Morgan fingerprint density at radius 1 is 1.42 bits per heavy atom. The molecule has 2 aliphatic heterocycles. The van der Waals surface area contributed by atoms with Crippen molar-refractivity contribution in [3.05, 3.63) is 23.7 Å². The first-order valence-electron chi connectivity index (χ1n) is 7.18. The average molecular weight is 262 g/mol. The summed E-state index contributed by atoms with van der Waals surface area (Å²) in [6, 6.07) is 4.60. The lowest BCUT2D eigenvalue weighted by molar-refractivity contribution is -0.128. The predicted octanol–water partition coefficient (Wildman–Crippen LogP) is 2.03. The first kappa shape index (κ1) is 12.7. The van der Waals surface area contributed by atoms with Gasteiger partial charge in [0, 0.05) is 26.1 Å². The van der Waals surface area contributed by atoms with Crippen molar-refractivity contribution in [2.24, 2.45) is 5.92 Å². The van der Waals surface area contributed by atoms with Crippen molar-refractivity contribution in [2.75, 3.05) is 19.6 Å². The van der Waals surface area contributed by atoms with E-state index in [4.69, 9.17) is 4.42 Å². The van der Waals surface area contributed by atoms with Crippen LogP contribution >= 0.6 is 0 Å². The summed E-state index contributed by atoms with van der Waals surface area (Å²) in [6.07, 6.45) is 2.48. The minimum atomic E-state index is 0.211. The summed E-state index contributed by atoms with van der Waals surface area (Å²) in [5.41, 5.74) is 0. The number of carbonyl (C=O) groups excluding carboxylic acids is 1. The topological polar surface area (TPSA) is 36.7 Å². The second-order valence-corrected chi connectivity index (χ2v) is 5.88. The maximum Gasteiger partial charge on any atom is 0.219 e. The highest BCUT2D eigenvalue weighted by atomic mass is 16.3. The van der Waals surface area contributed by atoms with Crippen molar-refractivity contribution in [3.8, 4) is 0 Å². The number of rotatable bonds is 2. The van der Waals surface area contributed by atoms with E-state index in [0.717, 1.165) is 37.7 Å². The Kier molecular flexibility index (Phi) is 3.35. The molecule has 2 atom stereocenters. The molecular formula is C15H22N2O2. The monoisotopic (exact) mass is 262 g/mol. The minimum absolute atomic E-state index is 0.211. The van der Waals surface area contributed by atoms with Crippen molar-refractivity contribution < 1.29 is 9.21 Å². The molecule has 4 nitrogen and oxygen atoms in total. The number of furan rings is 1. The first-order valence-corrected chi connectivity index (χ1v) is 7.18. The average Bonchev–Trinajstić information content (AvgIpc) is 2.96. The zero-order valence-corrected chi connectivity index (χ0v) is 11.8. The highest BCUT2D eigenvalue weighted by Crippen LogP contribution is 2.31. The summed E-state index contributed by atoms with van der Waals surface area (Å²) < 4.78 is 5.69. The highest BCUT2D eigenvalue weighted by molar-refractivity contribution is 5.73. The van der Waals surface area contributed by atoms with Crippen LogP contribution in [0, 0.1) is 12.8 Å². The lowest BCUT2D eigenvalue weighted by atomic mass is 9.92. The zero-order chi connectivity index (χ0) is 13.4. The van der Waals surface area contributed by atoms with Crippen LogP contribution in [0.25, 0.3) is 0 Å². The molecule has 3 rings (SSSR count). The van der Waals surface area contributed by atoms with Gasteiger partial charge in [-0.05, 0) is 44.4 Å². The SMILES string of the molecule is CC(=O)N1C[C@H]2CCCN(Cc3ccc(C)o3)[C@H]2C1. The van der Waals surface area contributed by atoms with Gasteiger partial charge in [-0.15, -0.1) is 0 Å². The standard InChI is InChI=1S/C15H22N2O2/c1-11-5-6-14(19-11)9-16-7-3-4-13-8-17(12(2)18)10-15(13)16/h5-6,13,15H,3-4,7-10H2,1-2H3/t13-,15+/m1/s1. The van der Waals surface area contributed by atoms with Gasteiger partial charge >= 0.3 is 0 Å². The number of fused-ring (bicyclic) bond motifs is 1. The summed E-state index contributed by atoms with van der Waals surface area (Å²) in [5, 5.41) is 0. The van der Waals surface area contributed by atoms with Crippen molar-refractivity contribution in [3.63, 3.8) is 0 Å².